The summed E-state index contributed by atoms with van der Waals surface area (Å²) >= 11 is 0. The fraction of sp³-hybridized carbons (Fsp3) is 0.267. The van der Waals surface area contributed by atoms with E-state index in [9.17, 15) is 14.4 Å². The summed E-state index contributed by atoms with van der Waals surface area (Å²) in [6.07, 6.45) is 6.62. The minimum Gasteiger partial charge on any atom is -0.493 e. The number of anilines is 1. The van der Waals surface area contributed by atoms with Gasteiger partial charge in [0.25, 0.3) is 5.91 Å². The fourth-order valence-electron chi connectivity index (χ4n) is 4.31. The first kappa shape index (κ1) is 27.4. The Morgan fingerprint density at radius 2 is 1.64 bits per heavy atom. The van der Waals surface area contributed by atoms with Crippen molar-refractivity contribution in [2.45, 2.75) is 44.8 Å². The average Bonchev–Trinajstić information content (AvgIpc) is 2.97. The predicted octanol–water partition coefficient (Wildman–Crippen LogP) is 4.43. The van der Waals surface area contributed by atoms with Crippen molar-refractivity contribution < 1.29 is 23.9 Å². The molecule has 0 radical (unpaired) electrons. The Morgan fingerprint density at radius 1 is 0.897 bits per heavy atom. The summed E-state index contributed by atoms with van der Waals surface area (Å²) in [7, 11) is 1.53. The van der Waals surface area contributed by atoms with E-state index in [0.29, 0.717) is 29.2 Å². The van der Waals surface area contributed by atoms with Crippen molar-refractivity contribution in [3.05, 3.63) is 89.5 Å². The van der Waals surface area contributed by atoms with Gasteiger partial charge in [0.05, 0.1) is 24.6 Å². The quantitative estimate of drug-likeness (QED) is 0.216. The Balaban J connectivity index is 1.31. The largest absolute Gasteiger partial charge is 0.493 e. The molecule has 0 saturated heterocycles. The summed E-state index contributed by atoms with van der Waals surface area (Å²) in [4.78, 5) is 37.6. The number of hydrogen-bond donors (Lipinski definition) is 3. The highest BCUT2D eigenvalue weighted by Crippen LogP contribution is 2.28. The molecule has 3 amide bonds. The van der Waals surface area contributed by atoms with Crippen molar-refractivity contribution >= 4 is 29.6 Å². The maximum Gasteiger partial charge on any atom is 0.329 e. The van der Waals surface area contributed by atoms with E-state index >= 15 is 0 Å². The van der Waals surface area contributed by atoms with Crippen molar-refractivity contribution in [1.29, 1.82) is 0 Å². The minimum atomic E-state index is -0.969. The van der Waals surface area contributed by atoms with Crippen LogP contribution in [0.1, 0.15) is 53.6 Å². The number of carbonyl (C=O) groups excluding carboxylic acids is 3. The van der Waals surface area contributed by atoms with Gasteiger partial charge in [-0.3, -0.25) is 14.4 Å². The highest BCUT2D eigenvalue weighted by atomic mass is 16.5. The number of hydrogen-bond acceptors (Lipinski definition) is 6. The zero-order valence-corrected chi connectivity index (χ0v) is 21.8. The van der Waals surface area contributed by atoms with Crippen molar-refractivity contribution in [3.8, 4) is 11.5 Å². The second-order valence-corrected chi connectivity index (χ2v) is 9.19. The van der Waals surface area contributed by atoms with Crippen LogP contribution in [0.3, 0.4) is 0 Å². The predicted molar refractivity (Wildman–Crippen MR) is 149 cm³/mol. The van der Waals surface area contributed by atoms with E-state index < -0.39 is 11.8 Å². The van der Waals surface area contributed by atoms with Crippen LogP contribution in [-0.2, 0) is 16.2 Å². The third kappa shape index (κ3) is 7.91. The molecule has 0 bridgehead atoms. The highest BCUT2D eigenvalue weighted by Gasteiger charge is 2.21. The maximum absolute atomic E-state index is 12.8. The molecule has 0 aliphatic heterocycles. The summed E-state index contributed by atoms with van der Waals surface area (Å²) in [5.41, 5.74) is 4.42. The minimum absolute atomic E-state index is 0.121. The molecule has 1 fully saturated rings. The standard InChI is InChI=1S/C30H32N4O5/c1-38-27-18-22(16-17-26(27)39-20-21-10-4-2-5-11-21)19-31-34-30(37)29(36)33-25-15-9-8-14-24(25)28(35)32-23-12-6-3-7-13-23/h2,4-5,8-11,14-19,23H,3,6-7,12-13,20H2,1H3,(H,32,35)(H,33,36)(H,34,37)/b31-19+. The van der Waals surface area contributed by atoms with Crippen LogP contribution in [0.4, 0.5) is 5.69 Å². The lowest BCUT2D eigenvalue weighted by atomic mass is 9.95. The van der Waals surface area contributed by atoms with Gasteiger partial charge in [-0.15, -0.1) is 0 Å². The summed E-state index contributed by atoms with van der Waals surface area (Å²) in [6.45, 7) is 0.390. The molecule has 9 heteroatoms. The van der Waals surface area contributed by atoms with E-state index in [-0.39, 0.29) is 17.6 Å². The third-order valence-corrected chi connectivity index (χ3v) is 6.37. The van der Waals surface area contributed by atoms with Crippen LogP contribution >= 0.6 is 0 Å². The molecular formula is C30H32N4O5. The highest BCUT2D eigenvalue weighted by molar-refractivity contribution is 6.40. The molecule has 4 rings (SSSR count). The van der Waals surface area contributed by atoms with Gasteiger partial charge in [-0.25, -0.2) is 5.43 Å². The van der Waals surface area contributed by atoms with Gasteiger partial charge in [-0.05, 0) is 54.3 Å². The van der Waals surface area contributed by atoms with Crippen LogP contribution < -0.4 is 25.5 Å². The van der Waals surface area contributed by atoms with Gasteiger partial charge in [-0.2, -0.15) is 5.10 Å². The number of carbonyl (C=O) groups is 3. The summed E-state index contributed by atoms with van der Waals surface area (Å²) in [5, 5.41) is 9.41. The lowest BCUT2D eigenvalue weighted by Crippen LogP contribution is -2.37. The monoisotopic (exact) mass is 528 g/mol. The first-order valence-electron chi connectivity index (χ1n) is 12.9. The average molecular weight is 529 g/mol. The summed E-state index contributed by atoms with van der Waals surface area (Å²) in [6, 6.07) is 21.7. The molecular weight excluding hydrogens is 496 g/mol. The molecule has 1 saturated carbocycles. The van der Waals surface area contributed by atoms with Crippen molar-refractivity contribution in [3.63, 3.8) is 0 Å². The van der Waals surface area contributed by atoms with E-state index in [0.717, 1.165) is 31.2 Å². The Bertz CT molecular complexity index is 1320. The molecule has 9 nitrogen and oxygen atoms in total. The van der Waals surface area contributed by atoms with Crippen molar-refractivity contribution in [2.24, 2.45) is 5.10 Å². The SMILES string of the molecule is COc1cc(/C=N/NC(=O)C(=O)Nc2ccccc2C(=O)NC2CCCCC2)ccc1OCc1ccccc1. The van der Waals surface area contributed by atoms with Crippen LogP contribution in [0.2, 0.25) is 0 Å². The lowest BCUT2D eigenvalue weighted by molar-refractivity contribution is -0.136. The maximum atomic E-state index is 12.8. The van der Waals surface area contributed by atoms with Gasteiger partial charge in [-0.1, -0.05) is 61.7 Å². The van der Waals surface area contributed by atoms with Gasteiger partial charge in [0.1, 0.15) is 6.61 Å². The number of benzene rings is 3. The van der Waals surface area contributed by atoms with Crippen molar-refractivity contribution in [2.75, 3.05) is 12.4 Å². The van der Waals surface area contributed by atoms with Gasteiger partial charge < -0.3 is 20.1 Å². The molecule has 0 atom stereocenters. The molecule has 0 spiro atoms. The number of methoxy groups -OCH3 is 1. The number of nitrogens with one attached hydrogen (secondary N) is 3. The van der Waals surface area contributed by atoms with Gasteiger partial charge >= 0.3 is 11.8 Å². The second-order valence-electron chi connectivity index (χ2n) is 9.19. The van der Waals surface area contributed by atoms with E-state index in [4.69, 9.17) is 9.47 Å². The summed E-state index contributed by atoms with van der Waals surface area (Å²) < 4.78 is 11.3. The third-order valence-electron chi connectivity index (χ3n) is 6.37. The number of ether oxygens (including phenoxy) is 2. The van der Waals surface area contributed by atoms with E-state index in [2.05, 4.69) is 21.2 Å². The topological polar surface area (TPSA) is 118 Å². The first-order chi connectivity index (χ1) is 19.0. The summed E-state index contributed by atoms with van der Waals surface area (Å²) in [5.74, 6) is -1.12. The van der Waals surface area contributed by atoms with Crippen LogP contribution in [0.5, 0.6) is 11.5 Å². The van der Waals surface area contributed by atoms with Gasteiger partial charge in [0.15, 0.2) is 11.5 Å². The molecule has 3 aromatic carbocycles. The van der Waals surface area contributed by atoms with Crippen molar-refractivity contribution in [1.82, 2.24) is 10.7 Å². The fourth-order valence-corrected chi connectivity index (χ4v) is 4.31. The van der Waals surface area contributed by atoms with E-state index in [1.165, 1.54) is 19.7 Å². The molecule has 3 aromatic rings. The Hall–Kier alpha value is -4.66. The van der Waals surface area contributed by atoms with Crippen LogP contribution in [0, 0.1) is 0 Å². The van der Waals surface area contributed by atoms with Gasteiger partial charge in [0.2, 0.25) is 0 Å². The lowest BCUT2D eigenvalue weighted by Gasteiger charge is -2.23. The first-order valence-corrected chi connectivity index (χ1v) is 12.9. The normalized spacial score (nSPS) is 13.5. The number of nitrogens with zero attached hydrogens (tertiary/aromatic N) is 1. The number of para-hydroxylation sites is 1. The Morgan fingerprint density at radius 3 is 2.41 bits per heavy atom. The number of hydrazone groups is 1. The van der Waals surface area contributed by atoms with Crippen LogP contribution in [0.15, 0.2) is 77.9 Å². The zero-order chi connectivity index (χ0) is 27.5. The molecule has 0 unspecified atom stereocenters. The molecule has 202 valence electrons. The molecule has 0 aromatic heterocycles. The number of rotatable bonds is 9. The molecule has 1 aliphatic rings. The number of amides is 3. The van der Waals surface area contributed by atoms with Crippen LogP contribution in [-0.4, -0.2) is 37.1 Å². The molecule has 0 heterocycles. The Kier molecular flexibility index (Phi) is 9.66. The van der Waals surface area contributed by atoms with E-state index in [1.54, 1.807) is 42.5 Å². The Labute approximate surface area is 227 Å². The molecule has 3 N–H and O–H groups in total. The van der Waals surface area contributed by atoms with E-state index in [1.807, 2.05) is 30.3 Å². The molecule has 1 aliphatic carbocycles. The zero-order valence-electron chi connectivity index (χ0n) is 21.8. The van der Waals surface area contributed by atoms with Crippen LogP contribution in [0.25, 0.3) is 0 Å². The van der Waals surface area contributed by atoms with Gasteiger partial charge in [0, 0.05) is 6.04 Å². The second kappa shape index (κ2) is 13.8. The molecule has 39 heavy (non-hydrogen) atoms. The smallest absolute Gasteiger partial charge is 0.329 e.